The van der Waals surface area contributed by atoms with Crippen molar-refractivity contribution in [2.24, 2.45) is 5.73 Å². The van der Waals surface area contributed by atoms with Crippen molar-refractivity contribution >= 4 is 5.91 Å². The van der Waals surface area contributed by atoms with E-state index in [2.05, 4.69) is 15.0 Å². The fraction of sp³-hybridized carbons (Fsp3) is 0. The number of aromatic hydroxyl groups is 1. The molecule has 0 aromatic carbocycles. The highest BCUT2D eigenvalue weighted by molar-refractivity contribution is 5.94. The van der Waals surface area contributed by atoms with Crippen LogP contribution in [0.3, 0.4) is 0 Å². The number of carbonyl (C=O) groups is 1. The lowest BCUT2D eigenvalue weighted by molar-refractivity contribution is 0.0995. The first-order chi connectivity index (χ1) is 8.09. The summed E-state index contributed by atoms with van der Waals surface area (Å²) in [5, 5.41) is 9.46. The van der Waals surface area contributed by atoms with Crippen LogP contribution in [0.1, 0.15) is 10.4 Å². The van der Waals surface area contributed by atoms with Crippen LogP contribution in [-0.2, 0) is 0 Å². The molecular weight excluding hydrogens is 224 g/mol. The average Bonchev–Trinajstić information content (AvgIpc) is 2.28. The third-order valence-electron chi connectivity index (χ3n) is 2.10. The van der Waals surface area contributed by atoms with Gasteiger partial charge in [0, 0.05) is 18.0 Å². The Morgan fingerprint density at radius 1 is 1.35 bits per heavy atom. The van der Waals surface area contributed by atoms with Crippen LogP contribution in [0.2, 0.25) is 0 Å². The summed E-state index contributed by atoms with van der Waals surface area (Å²) in [6.45, 7) is 0. The van der Waals surface area contributed by atoms with E-state index in [0.717, 1.165) is 0 Å². The zero-order chi connectivity index (χ0) is 12.4. The van der Waals surface area contributed by atoms with E-state index in [4.69, 9.17) is 5.73 Å². The number of amides is 1. The number of hydrogen-bond acceptors (Lipinski definition) is 5. The van der Waals surface area contributed by atoms with Crippen molar-refractivity contribution in [3.63, 3.8) is 0 Å². The number of nitrogens with one attached hydrogen (secondary N) is 1. The number of nitrogens with two attached hydrogens (primary N) is 1. The Hall–Kier alpha value is -2.70. The van der Waals surface area contributed by atoms with Gasteiger partial charge in [0.15, 0.2) is 5.56 Å². The van der Waals surface area contributed by atoms with E-state index in [1.54, 1.807) is 12.1 Å². The first kappa shape index (κ1) is 10.8. The second-order valence-electron chi connectivity index (χ2n) is 3.21. The molecule has 2 aromatic heterocycles. The van der Waals surface area contributed by atoms with Crippen LogP contribution >= 0.6 is 0 Å². The lowest BCUT2D eigenvalue weighted by atomic mass is 10.2. The van der Waals surface area contributed by atoms with Gasteiger partial charge in [0.2, 0.25) is 5.88 Å². The number of rotatable bonds is 2. The van der Waals surface area contributed by atoms with E-state index in [0.29, 0.717) is 5.56 Å². The molecule has 0 fully saturated rings. The lowest BCUT2D eigenvalue weighted by Crippen LogP contribution is -2.24. The van der Waals surface area contributed by atoms with Crippen LogP contribution in [0, 0.1) is 0 Å². The molecule has 1 amide bonds. The maximum absolute atomic E-state index is 11.5. The van der Waals surface area contributed by atoms with Gasteiger partial charge in [0.05, 0.1) is 0 Å². The molecule has 7 nitrogen and oxygen atoms in total. The molecule has 0 saturated heterocycles. The number of primary amides is 1. The Balaban J connectivity index is 2.62. The van der Waals surface area contributed by atoms with Crippen LogP contribution < -0.4 is 11.3 Å². The summed E-state index contributed by atoms with van der Waals surface area (Å²) >= 11 is 0. The Morgan fingerprint density at radius 2 is 2.00 bits per heavy atom. The average molecular weight is 232 g/mol. The molecule has 2 aromatic rings. The van der Waals surface area contributed by atoms with E-state index in [9.17, 15) is 14.7 Å². The number of carbonyl (C=O) groups excluding carboxylic acids is 1. The molecule has 86 valence electrons. The van der Waals surface area contributed by atoms with E-state index in [1.807, 2.05) is 0 Å². The van der Waals surface area contributed by atoms with Crippen molar-refractivity contribution in [1.29, 1.82) is 0 Å². The Morgan fingerprint density at radius 3 is 2.53 bits per heavy atom. The second-order valence-corrected chi connectivity index (χ2v) is 3.21. The minimum Gasteiger partial charge on any atom is -0.493 e. The quantitative estimate of drug-likeness (QED) is 0.652. The van der Waals surface area contributed by atoms with Gasteiger partial charge >= 0.3 is 0 Å². The SMILES string of the molecule is NC(=O)c1c(O)nc(-c2ccncc2)[nH]c1=O. The molecular formula is C10H8N4O3. The van der Waals surface area contributed by atoms with E-state index >= 15 is 0 Å². The van der Waals surface area contributed by atoms with Gasteiger partial charge < -0.3 is 15.8 Å². The summed E-state index contributed by atoms with van der Waals surface area (Å²) < 4.78 is 0. The fourth-order valence-corrected chi connectivity index (χ4v) is 1.33. The van der Waals surface area contributed by atoms with Crippen LogP contribution in [0.25, 0.3) is 11.4 Å². The highest BCUT2D eigenvalue weighted by atomic mass is 16.3. The van der Waals surface area contributed by atoms with Crippen molar-refractivity contribution in [2.45, 2.75) is 0 Å². The molecule has 17 heavy (non-hydrogen) atoms. The Kier molecular flexibility index (Phi) is 2.57. The fourth-order valence-electron chi connectivity index (χ4n) is 1.33. The van der Waals surface area contributed by atoms with Gasteiger partial charge in [-0.1, -0.05) is 0 Å². The molecule has 0 saturated carbocycles. The maximum atomic E-state index is 11.5. The molecule has 7 heteroatoms. The Labute approximate surface area is 95.0 Å². The van der Waals surface area contributed by atoms with Gasteiger partial charge in [-0.3, -0.25) is 14.6 Å². The predicted octanol–water partition coefficient (Wildman–Crippen LogP) is -0.364. The van der Waals surface area contributed by atoms with Crippen molar-refractivity contribution in [2.75, 3.05) is 0 Å². The monoisotopic (exact) mass is 232 g/mol. The summed E-state index contributed by atoms with van der Waals surface area (Å²) in [5.41, 5.74) is 4.16. The van der Waals surface area contributed by atoms with Gasteiger partial charge in [-0.2, -0.15) is 4.98 Å². The lowest BCUT2D eigenvalue weighted by Gasteiger charge is -2.03. The van der Waals surface area contributed by atoms with Crippen molar-refractivity contribution in [3.8, 4) is 17.3 Å². The zero-order valence-corrected chi connectivity index (χ0v) is 8.54. The number of aromatic nitrogens is 3. The molecule has 0 spiro atoms. The van der Waals surface area contributed by atoms with E-state index in [-0.39, 0.29) is 5.82 Å². The highest BCUT2D eigenvalue weighted by Crippen LogP contribution is 2.16. The molecule has 2 rings (SSSR count). The van der Waals surface area contributed by atoms with E-state index < -0.39 is 22.9 Å². The molecule has 0 bridgehead atoms. The van der Waals surface area contributed by atoms with Crippen molar-refractivity contribution in [1.82, 2.24) is 15.0 Å². The molecule has 0 radical (unpaired) electrons. The minimum absolute atomic E-state index is 0.139. The van der Waals surface area contributed by atoms with Gasteiger partial charge in [-0.15, -0.1) is 0 Å². The standard InChI is InChI=1S/C10H8N4O3/c11-7(15)6-9(16)13-8(14-10(6)17)5-1-3-12-4-2-5/h1-4H,(H2,11,15)(H2,13,14,16,17). The zero-order valence-electron chi connectivity index (χ0n) is 8.54. The number of H-pyrrole nitrogens is 1. The minimum atomic E-state index is -1.03. The van der Waals surface area contributed by atoms with Crippen molar-refractivity contribution in [3.05, 3.63) is 40.4 Å². The third-order valence-corrected chi connectivity index (χ3v) is 2.10. The Bertz CT molecular complexity index is 621. The maximum Gasteiger partial charge on any atom is 0.267 e. The van der Waals surface area contributed by atoms with Gasteiger partial charge in [0.25, 0.3) is 11.5 Å². The van der Waals surface area contributed by atoms with Crippen LogP contribution in [0.15, 0.2) is 29.3 Å². The largest absolute Gasteiger partial charge is 0.493 e. The van der Waals surface area contributed by atoms with E-state index in [1.165, 1.54) is 12.4 Å². The van der Waals surface area contributed by atoms with Crippen molar-refractivity contribution < 1.29 is 9.90 Å². The smallest absolute Gasteiger partial charge is 0.267 e. The third kappa shape index (κ3) is 1.98. The van der Waals surface area contributed by atoms with Crippen LogP contribution in [0.4, 0.5) is 0 Å². The molecule has 0 aliphatic rings. The first-order valence-corrected chi connectivity index (χ1v) is 4.63. The number of pyridine rings is 1. The van der Waals surface area contributed by atoms with Crippen LogP contribution in [-0.4, -0.2) is 26.0 Å². The molecule has 0 atom stereocenters. The molecule has 0 aliphatic heterocycles. The second kappa shape index (κ2) is 4.05. The predicted molar refractivity (Wildman–Crippen MR) is 58.3 cm³/mol. The number of hydrogen-bond donors (Lipinski definition) is 3. The summed E-state index contributed by atoms with van der Waals surface area (Å²) in [4.78, 5) is 32.2. The topological polar surface area (TPSA) is 122 Å². The van der Waals surface area contributed by atoms with Gasteiger partial charge in [-0.25, -0.2) is 0 Å². The first-order valence-electron chi connectivity index (χ1n) is 4.63. The summed E-state index contributed by atoms with van der Waals surface area (Å²) in [7, 11) is 0. The summed E-state index contributed by atoms with van der Waals surface area (Å²) in [5.74, 6) is -1.58. The summed E-state index contributed by atoms with van der Waals surface area (Å²) in [6, 6.07) is 3.20. The number of nitrogens with zero attached hydrogens (tertiary/aromatic N) is 2. The summed E-state index contributed by atoms with van der Waals surface area (Å²) in [6.07, 6.45) is 3.02. The highest BCUT2D eigenvalue weighted by Gasteiger charge is 2.16. The molecule has 2 heterocycles. The molecule has 4 N–H and O–H groups in total. The van der Waals surface area contributed by atoms with Gasteiger partial charge in [0.1, 0.15) is 5.82 Å². The molecule has 0 aliphatic carbocycles. The molecule has 0 unspecified atom stereocenters. The van der Waals surface area contributed by atoms with Crippen LogP contribution in [0.5, 0.6) is 5.88 Å². The van der Waals surface area contributed by atoms with Gasteiger partial charge in [-0.05, 0) is 12.1 Å². The number of aromatic amines is 1. The normalized spacial score (nSPS) is 10.1.